The van der Waals surface area contributed by atoms with E-state index >= 15 is 0 Å². The highest BCUT2D eigenvalue weighted by atomic mass is 19.4. The Morgan fingerprint density at radius 3 is 1.87 bits per heavy atom. The molecule has 0 aliphatic heterocycles. The van der Waals surface area contributed by atoms with Crippen molar-refractivity contribution in [3.63, 3.8) is 0 Å². The third-order valence-corrected chi connectivity index (χ3v) is 1.37. The molecule has 2 aromatic rings. The van der Waals surface area contributed by atoms with Gasteiger partial charge in [-0.2, -0.15) is 18.3 Å². The second kappa shape index (κ2) is 5.14. The number of nitrogens with one attached hydrogen (secondary N) is 1. The highest BCUT2D eigenvalue weighted by Crippen LogP contribution is 2.26. The van der Waals surface area contributed by atoms with Crippen LogP contribution in [0.25, 0.3) is 0 Å². The highest BCUT2D eigenvalue weighted by molar-refractivity contribution is 5.01. The molecule has 0 saturated carbocycles. The van der Waals surface area contributed by atoms with Gasteiger partial charge in [-0.25, -0.2) is 0 Å². The number of hydrogen-bond donors (Lipinski definition) is 1. The molecule has 3 nitrogen and oxygen atoms in total. The van der Waals surface area contributed by atoms with Crippen molar-refractivity contribution < 1.29 is 13.2 Å². The Balaban J connectivity index is 0.000000162. The molecule has 0 unspecified atom stereocenters. The van der Waals surface area contributed by atoms with Crippen molar-refractivity contribution in [1.82, 2.24) is 15.2 Å². The molecule has 0 fully saturated rings. The quantitative estimate of drug-likeness (QED) is 0.733. The topological polar surface area (TPSA) is 41.6 Å². The third kappa shape index (κ3) is 4.26. The zero-order chi connectivity index (χ0) is 11.1. The fourth-order valence-corrected chi connectivity index (χ4v) is 0.726. The summed E-state index contributed by atoms with van der Waals surface area (Å²) in [5.41, 5.74) is -0.817. The van der Waals surface area contributed by atoms with E-state index in [4.69, 9.17) is 0 Å². The zero-order valence-corrected chi connectivity index (χ0v) is 7.57. The van der Waals surface area contributed by atoms with Gasteiger partial charge < -0.3 is 0 Å². The second-order valence-electron chi connectivity index (χ2n) is 2.49. The van der Waals surface area contributed by atoms with Crippen molar-refractivity contribution in [2.45, 2.75) is 6.18 Å². The molecule has 0 aliphatic carbocycles. The fraction of sp³-hybridized carbons (Fsp3) is 0.111. The smallest absolute Gasteiger partial charge is 0.274 e. The standard InChI is InChI=1S/C5H5N.C4H3F3N2/c1-2-4-6-5-3-1;5-4(6,7)3-1-2-8-9-3/h1-5H;1-2H,(H,8,9). The van der Waals surface area contributed by atoms with Gasteiger partial charge in [-0.1, -0.05) is 6.07 Å². The molecule has 0 aliphatic rings. The Morgan fingerprint density at radius 2 is 1.67 bits per heavy atom. The van der Waals surface area contributed by atoms with Gasteiger partial charge in [0.05, 0.1) is 0 Å². The maximum absolute atomic E-state index is 11.5. The molecule has 0 bridgehead atoms. The summed E-state index contributed by atoms with van der Waals surface area (Å²) in [6, 6.07) is 6.59. The molecule has 15 heavy (non-hydrogen) atoms. The summed E-state index contributed by atoms with van der Waals surface area (Å²) in [5, 5.41) is 4.95. The van der Waals surface area contributed by atoms with Gasteiger partial charge in [0, 0.05) is 18.6 Å². The molecular weight excluding hydrogens is 207 g/mol. The largest absolute Gasteiger partial charge is 0.432 e. The van der Waals surface area contributed by atoms with E-state index in [1.807, 2.05) is 18.2 Å². The average Bonchev–Trinajstić information content (AvgIpc) is 2.73. The minimum Gasteiger partial charge on any atom is -0.274 e. The maximum Gasteiger partial charge on any atom is 0.432 e. The van der Waals surface area contributed by atoms with Crippen LogP contribution in [0.4, 0.5) is 13.2 Å². The monoisotopic (exact) mass is 215 g/mol. The van der Waals surface area contributed by atoms with E-state index in [-0.39, 0.29) is 0 Å². The Hall–Kier alpha value is -1.85. The van der Waals surface area contributed by atoms with Gasteiger partial charge >= 0.3 is 6.18 Å². The normalized spacial score (nSPS) is 10.3. The summed E-state index contributed by atoms with van der Waals surface area (Å²) >= 11 is 0. The number of halogens is 3. The molecule has 2 heterocycles. The van der Waals surface area contributed by atoms with E-state index in [9.17, 15) is 13.2 Å². The lowest BCUT2D eigenvalue weighted by Gasteiger charge is -1.99. The van der Waals surface area contributed by atoms with E-state index in [0.29, 0.717) is 0 Å². The van der Waals surface area contributed by atoms with Crippen LogP contribution in [0.15, 0.2) is 42.9 Å². The Labute approximate surface area is 84.0 Å². The van der Waals surface area contributed by atoms with Crippen molar-refractivity contribution in [2.75, 3.05) is 0 Å². The van der Waals surface area contributed by atoms with Gasteiger partial charge in [0.1, 0.15) is 5.69 Å². The molecule has 0 amide bonds. The first-order valence-electron chi connectivity index (χ1n) is 4.02. The summed E-state index contributed by atoms with van der Waals surface area (Å²) < 4.78 is 34.6. The predicted molar refractivity (Wildman–Crippen MR) is 47.8 cm³/mol. The van der Waals surface area contributed by atoms with Gasteiger partial charge in [-0.05, 0) is 18.2 Å². The first-order chi connectivity index (χ1) is 7.11. The number of rotatable bonds is 0. The summed E-state index contributed by atoms with van der Waals surface area (Å²) in [7, 11) is 0. The van der Waals surface area contributed by atoms with Gasteiger partial charge in [0.25, 0.3) is 0 Å². The second-order valence-corrected chi connectivity index (χ2v) is 2.49. The van der Waals surface area contributed by atoms with Gasteiger partial charge in [-0.15, -0.1) is 0 Å². The summed E-state index contributed by atoms with van der Waals surface area (Å²) in [4.78, 5) is 3.78. The molecule has 0 spiro atoms. The van der Waals surface area contributed by atoms with Crippen LogP contribution in [-0.2, 0) is 6.18 Å². The van der Waals surface area contributed by atoms with Crippen LogP contribution in [0.5, 0.6) is 0 Å². The van der Waals surface area contributed by atoms with Crippen LogP contribution in [-0.4, -0.2) is 15.2 Å². The lowest BCUT2D eigenvalue weighted by molar-refractivity contribution is -0.141. The SMILES string of the molecule is FC(F)(F)c1ccn[nH]1.c1ccncc1. The van der Waals surface area contributed by atoms with Crippen molar-refractivity contribution in [3.8, 4) is 0 Å². The number of H-pyrrole nitrogens is 1. The van der Waals surface area contributed by atoms with Crippen LogP contribution in [0.3, 0.4) is 0 Å². The minimum absolute atomic E-state index is 0.817. The molecule has 0 saturated heterocycles. The van der Waals surface area contributed by atoms with Gasteiger partial charge in [0.2, 0.25) is 0 Å². The Bertz CT molecular complexity index is 329. The first kappa shape index (κ1) is 11.2. The van der Waals surface area contributed by atoms with Crippen LogP contribution in [0.2, 0.25) is 0 Å². The number of pyridine rings is 1. The van der Waals surface area contributed by atoms with E-state index < -0.39 is 11.9 Å². The average molecular weight is 215 g/mol. The maximum atomic E-state index is 11.5. The van der Waals surface area contributed by atoms with E-state index in [0.717, 1.165) is 12.3 Å². The van der Waals surface area contributed by atoms with Gasteiger partial charge in [-0.3, -0.25) is 10.1 Å². The third-order valence-electron chi connectivity index (χ3n) is 1.37. The molecule has 0 radical (unpaired) electrons. The Kier molecular flexibility index (Phi) is 3.84. The van der Waals surface area contributed by atoms with Crippen LogP contribution in [0, 0.1) is 0 Å². The molecule has 0 atom stereocenters. The predicted octanol–water partition coefficient (Wildman–Crippen LogP) is 2.51. The number of aromatic nitrogens is 3. The summed E-state index contributed by atoms with van der Waals surface area (Å²) in [6.45, 7) is 0. The molecule has 80 valence electrons. The van der Waals surface area contributed by atoms with Crippen LogP contribution >= 0.6 is 0 Å². The van der Waals surface area contributed by atoms with Crippen molar-refractivity contribution in [2.24, 2.45) is 0 Å². The fourth-order valence-electron chi connectivity index (χ4n) is 0.726. The molecular formula is C9H8F3N3. The number of aromatic amines is 1. The lowest BCUT2D eigenvalue weighted by atomic mass is 10.4. The number of alkyl halides is 3. The number of nitrogens with zero attached hydrogens (tertiary/aromatic N) is 2. The first-order valence-corrected chi connectivity index (χ1v) is 4.02. The lowest BCUT2D eigenvalue weighted by Crippen LogP contribution is -2.04. The summed E-state index contributed by atoms with van der Waals surface area (Å²) in [6.07, 6.45) is 0.263. The zero-order valence-electron chi connectivity index (χ0n) is 7.57. The van der Waals surface area contributed by atoms with Crippen molar-refractivity contribution in [3.05, 3.63) is 48.5 Å². The number of hydrogen-bond acceptors (Lipinski definition) is 2. The molecule has 1 N–H and O–H groups in total. The van der Waals surface area contributed by atoms with Gasteiger partial charge in [0.15, 0.2) is 0 Å². The molecule has 2 aromatic heterocycles. The van der Waals surface area contributed by atoms with Crippen molar-refractivity contribution in [1.29, 1.82) is 0 Å². The van der Waals surface area contributed by atoms with Crippen LogP contribution in [0.1, 0.15) is 5.69 Å². The highest BCUT2D eigenvalue weighted by Gasteiger charge is 2.31. The van der Waals surface area contributed by atoms with E-state index in [1.165, 1.54) is 0 Å². The molecule has 0 aromatic carbocycles. The van der Waals surface area contributed by atoms with E-state index in [1.54, 1.807) is 17.5 Å². The van der Waals surface area contributed by atoms with Crippen LogP contribution < -0.4 is 0 Å². The molecule has 6 heteroatoms. The summed E-state index contributed by atoms with van der Waals surface area (Å²) in [5.74, 6) is 0. The van der Waals surface area contributed by atoms with Crippen molar-refractivity contribution >= 4 is 0 Å². The minimum atomic E-state index is -4.30. The van der Waals surface area contributed by atoms with E-state index in [2.05, 4.69) is 10.1 Å². The molecule has 2 rings (SSSR count). The Morgan fingerprint density at radius 1 is 1.00 bits per heavy atom.